The van der Waals surface area contributed by atoms with Gasteiger partial charge in [-0.2, -0.15) is 5.26 Å². The second-order valence-electron chi connectivity index (χ2n) is 6.17. The number of anilines is 1. The molecular formula is C21H22N2O. The molecule has 0 amide bonds. The Hall–Kier alpha value is -2.73. The van der Waals surface area contributed by atoms with Crippen LogP contribution in [0.4, 0.5) is 5.69 Å². The first kappa shape index (κ1) is 16.1. The lowest BCUT2D eigenvalue weighted by Crippen LogP contribution is -2.21. The molecule has 122 valence electrons. The standard InChI is InChI=1S/C21H22N2O/c1-16-7-4-3-5-8-18(13-16)17(2)23(15-22)20-10-11-21-19(14-20)9-6-12-24-21/h4-5,7-8,10-11,13-14,18H,2-3,6,9,12H2,1H3/b7-4-,8-5?,16-13?. The van der Waals surface area contributed by atoms with Gasteiger partial charge in [-0.05, 0) is 49.9 Å². The summed E-state index contributed by atoms with van der Waals surface area (Å²) in [4.78, 5) is 1.62. The molecule has 3 heteroatoms. The molecule has 0 spiro atoms. The second-order valence-corrected chi connectivity index (χ2v) is 6.17. The molecule has 3 nitrogen and oxygen atoms in total. The average Bonchev–Trinajstić information content (AvgIpc) is 2.58. The fraction of sp³-hybridized carbons (Fsp3) is 0.286. The van der Waals surface area contributed by atoms with Gasteiger partial charge in [0, 0.05) is 11.6 Å². The third-order valence-corrected chi connectivity index (χ3v) is 4.36. The molecule has 1 aromatic rings. The molecule has 0 fully saturated rings. The number of benzene rings is 1. The zero-order chi connectivity index (χ0) is 16.9. The molecule has 0 aromatic heterocycles. The molecule has 3 rings (SSSR count). The van der Waals surface area contributed by atoms with Gasteiger partial charge >= 0.3 is 0 Å². The van der Waals surface area contributed by atoms with E-state index in [1.807, 2.05) is 18.2 Å². The number of nitrogens with zero attached hydrogens (tertiary/aromatic N) is 2. The SMILES string of the molecule is C=C(C1C=CC/C=C\C(C)=C1)N(C#N)c1ccc2c(c1)CCCO2. The van der Waals surface area contributed by atoms with Crippen molar-refractivity contribution in [2.24, 2.45) is 5.92 Å². The molecular weight excluding hydrogens is 296 g/mol. The number of fused-ring (bicyclic) bond motifs is 1. The summed E-state index contributed by atoms with van der Waals surface area (Å²) in [6, 6.07) is 5.94. The minimum absolute atomic E-state index is 0.0156. The molecule has 1 aliphatic heterocycles. The van der Waals surface area contributed by atoms with Gasteiger partial charge in [-0.3, -0.25) is 4.90 Å². The van der Waals surface area contributed by atoms with E-state index in [1.54, 1.807) is 4.90 Å². The maximum Gasteiger partial charge on any atom is 0.189 e. The molecule has 0 radical (unpaired) electrons. The van der Waals surface area contributed by atoms with Crippen LogP contribution in [0.5, 0.6) is 5.75 Å². The summed E-state index contributed by atoms with van der Waals surface area (Å²) in [7, 11) is 0. The van der Waals surface area contributed by atoms with Gasteiger partial charge in [0.2, 0.25) is 0 Å². The molecule has 24 heavy (non-hydrogen) atoms. The highest BCUT2D eigenvalue weighted by Gasteiger charge is 2.19. The van der Waals surface area contributed by atoms with Crippen LogP contribution < -0.4 is 9.64 Å². The topological polar surface area (TPSA) is 36.3 Å². The van der Waals surface area contributed by atoms with Crippen LogP contribution in [-0.2, 0) is 6.42 Å². The molecule has 0 saturated heterocycles. The molecule has 1 aliphatic carbocycles. The van der Waals surface area contributed by atoms with E-state index in [4.69, 9.17) is 4.74 Å². The molecule has 0 N–H and O–H groups in total. The van der Waals surface area contributed by atoms with E-state index in [1.165, 1.54) is 5.57 Å². The molecule has 1 heterocycles. The van der Waals surface area contributed by atoms with Gasteiger partial charge < -0.3 is 4.74 Å². The van der Waals surface area contributed by atoms with Crippen molar-refractivity contribution in [3.8, 4) is 11.9 Å². The van der Waals surface area contributed by atoms with Gasteiger partial charge in [0.15, 0.2) is 6.19 Å². The lowest BCUT2D eigenvalue weighted by Gasteiger charge is -2.25. The van der Waals surface area contributed by atoms with Gasteiger partial charge in [0.1, 0.15) is 5.75 Å². The zero-order valence-corrected chi connectivity index (χ0v) is 14.0. The Bertz CT molecular complexity index is 765. The summed E-state index contributed by atoms with van der Waals surface area (Å²) in [6.45, 7) is 7.04. The van der Waals surface area contributed by atoms with Crippen molar-refractivity contribution < 1.29 is 4.74 Å². The van der Waals surface area contributed by atoms with E-state index in [9.17, 15) is 5.26 Å². The number of hydrogen-bond donors (Lipinski definition) is 0. The normalized spacial score (nSPS) is 20.5. The molecule has 1 unspecified atom stereocenters. The van der Waals surface area contributed by atoms with Crippen LogP contribution in [-0.4, -0.2) is 6.61 Å². The summed E-state index contributed by atoms with van der Waals surface area (Å²) in [6.07, 6.45) is 15.8. The van der Waals surface area contributed by atoms with E-state index < -0.39 is 0 Å². The highest BCUT2D eigenvalue weighted by Crippen LogP contribution is 2.32. The van der Waals surface area contributed by atoms with Crippen molar-refractivity contribution in [3.63, 3.8) is 0 Å². The van der Waals surface area contributed by atoms with Gasteiger partial charge in [0.05, 0.1) is 12.3 Å². The number of allylic oxidation sites excluding steroid dienone is 5. The smallest absolute Gasteiger partial charge is 0.189 e. The summed E-state index contributed by atoms with van der Waals surface area (Å²) in [5.74, 6) is 0.946. The van der Waals surface area contributed by atoms with Crippen molar-refractivity contribution >= 4 is 5.69 Å². The van der Waals surface area contributed by atoms with Crippen molar-refractivity contribution in [1.82, 2.24) is 0 Å². The van der Waals surface area contributed by atoms with Crippen LogP contribution in [0.2, 0.25) is 0 Å². The Morgan fingerprint density at radius 3 is 3.08 bits per heavy atom. The van der Waals surface area contributed by atoms with Gasteiger partial charge in [0.25, 0.3) is 0 Å². The maximum atomic E-state index is 9.70. The number of hydrogen-bond acceptors (Lipinski definition) is 3. The molecule has 0 saturated carbocycles. The Labute approximate surface area is 143 Å². The average molecular weight is 318 g/mol. The van der Waals surface area contributed by atoms with Crippen molar-refractivity contribution in [1.29, 1.82) is 5.26 Å². The van der Waals surface area contributed by atoms with E-state index >= 15 is 0 Å². The Morgan fingerprint density at radius 2 is 2.25 bits per heavy atom. The first-order valence-electron chi connectivity index (χ1n) is 8.35. The van der Waals surface area contributed by atoms with Crippen LogP contribution in [0.25, 0.3) is 0 Å². The predicted octanol–water partition coefficient (Wildman–Crippen LogP) is 4.89. The van der Waals surface area contributed by atoms with Gasteiger partial charge in [-0.25, -0.2) is 0 Å². The van der Waals surface area contributed by atoms with Crippen molar-refractivity contribution in [2.75, 3.05) is 11.5 Å². The van der Waals surface area contributed by atoms with Crippen LogP contribution in [0, 0.1) is 17.4 Å². The largest absolute Gasteiger partial charge is 0.493 e. The van der Waals surface area contributed by atoms with Gasteiger partial charge in [-0.15, -0.1) is 0 Å². The number of ether oxygens (including phenoxy) is 1. The number of aryl methyl sites for hydroxylation is 1. The van der Waals surface area contributed by atoms with E-state index in [0.29, 0.717) is 0 Å². The number of rotatable bonds is 3. The summed E-state index contributed by atoms with van der Waals surface area (Å²) in [5.41, 5.74) is 3.96. The third-order valence-electron chi connectivity index (χ3n) is 4.36. The molecule has 1 aromatic carbocycles. The molecule has 0 bridgehead atoms. The highest BCUT2D eigenvalue weighted by molar-refractivity contribution is 5.61. The second kappa shape index (κ2) is 7.23. The first-order chi connectivity index (χ1) is 11.7. The first-order valence-corrected chi connectivity index (χ1v) is 8.35. The van der Waals surface area contributed by atoms with Crippen LogP contribution in [0.1, 0.15) is 25.3 Å². The molecule has 2 aliphatic rings. The van der Waals surface area contributed by atoms with E-state index in [2.05, 4.69) is 50.1 Å². The Balaban J connectivity index is 1.89. The maximum absolute atomic E-state index is 9.70. The number of nitriles is 1. The van der Waals surface area contributed by atoms with Crippen molar-refractivity contribution in [2.45, 2.75) is 26.2 Å². The van der Waals surface area contributed by atoms with Crippen LogP contribution in [0.15, 0.2) is 66.4 Å². The summed E-state index contributed by atoms with van der Waals surface area (Å²) < 4.78 is 5.66. The lowest BCUT2D eigenvalue weighted by atomic mass is 9.98. The Kier molecular flexibility index (Phi) is 4.86. The quantitative estimate of drug-likeness (QED) is 0.452. The van der Waals surface area contributed by atoms with E-state index in [-0.39, 0.29) is 5.92 Å². The summed E-state index contributed by atoms with van der Waals surface area (Å²) in [5, 5.41) is 9.70. The highest BCUT2D eigenvalue weighted by atomic mass is 16.5. The van der Waals surface area contributed by atoms with Gasteiger partial charge in [-0.1, -0.05) is 42.5 Å². The van der Waals surface area contributed by atoms with E-state index in [0.717, 1.165) is 48.6 Å². The minimum Gasteiger partial charge on any atom is -0.493 e. The molecule has 1 atom stereocenters. The fourth-order valence-corrected chi connectivity index (χ4v) is 3.08. The van der Waals surface area contributed by atoms with Crippen LogP contribution in [0.3, 0.4) is 0 Å². The third kappa shape index (κ3) is 3.44. The summed E-state index contributed by atoms with van der Waals surface area (Å²) >= 11 is 0. The fourth-order valence-electron chi connectivity index (χ4n) is 3.08. The van der Waals surface area contributed by atoms with Crippen molar-refractivity contribution in [3.05, 3.63) is 72.0 Å². The van der Waals surface area contributed by atoms with Crippen LogP contribution >= 0.6 is 0 Å². The Morgan fingerprint density at radius 1 is 1.38 bits per heavy atom. The lowest BCUT2D eigenvalue weighted by molar-refractivity contribution is 0.288. The minimum atomic E-state index is 0.0156. The zero-order valence-electron chi connectivity index (χ0n) is 14.0. The predicted molar refractivity (Wildman–Crippen MR) is 97.6 cm³/mol. The monoisotopic (exact) mass is 318 g/mol.